The summed E-state index contributed by atoms with van der Waals surface area (Å²) in [7, 11) is 3.58. The first-order chi connectivity index (χ1) is 11.5. The molecular formula is C19H28FN3O. The molecule has 2 fully saturated rings. The number of likely N-dealkylation sites (tertiary alicyclic amines) is 1. The van der Waals surface area contributed by atoms with E-state index in [0.717, 1.165) is 38.4 Å². The maximum absolute atomic E-state index is 13.5. The standard InChI is InChI=1S/C19H28FN3O/c1-22(2)18(24)19(21-17-8-4-7-16(20)13-17)9-11-23(12-10-19)14-15-5-3-6-15/h4,7-8,13,15,21H,3,5-6,9-12,14H2,1-2H3. The van der Waals surface area contributed by atoms with Gasteiger partial charge in [0, 0.05) is 39.4 Å². The lowest BCUT2D eigenvalue weighted by atomic mass is 9.82. The van der Waals surface area contributed by atoms with E-state index in [-0.39, 0.29) is 11.7 Å². The summed E-state index contributed by atoms with van der Waals surface area (Å²) in [5, 5.41) is 3.36. The van der Waals surface area contributed by atoms with Crippen LogP contribution >= 0.6 is 0 Å². The van der Waals surface area contributed by atoms with Gasteiger partial charge in [-0.3, -0.25) is 4.79 Å². The van der Waals surface area contributed by atoms with E-state index in [0.29, 0.717) is 5.69 Å². The van der Waals surface area contributed by atoms with Gasteiger partial charge < -0.3 is 15.1 Å². The molecule has 24 heavy (non-hydrogen) atoms. The van der Waals surface area contributed by atoms with Crippen LogP contribution in [0.4, 0.5) is 10.1 Å². The van der Waals surface area contributed by atoms with Gasteiger partial charge >= 0.3 is 0 Å². The molecule has 0 aromatic heterocycles. The Morgan fingerprint density at radius 2 is 2.04 bits per heavy atom. The van der Waals surface area contributed by atoms with Crippen molar-refractivity contribution in [1.82, 2.24) is 9.80 Å². The van der Waals surface area contributed by atoms with Crippen LogP contribution in [0.3, 0.4) is 0 Å². The second-order valence-corrected chi connectivity index (χ2v) is 7.51. The zero-order valence-corrected chi connectivity index (χ0v) is 14.7. The Balaban J connectivity index is 1.71. The first kappa shape index (κ1) is 17.2. The summed E-state index contributed by atoms with van der Waals surface area (Å²) in [6, 6.07) is 6.39. The second kappa shape index (κ2) is 7.09. The topological polar surface area (TPSA) is 35.6 Å². The van der Waals surface area contributed by atoms with Crippen molar-refractivity contribution >= 4 is 11.6 Å². The molecule has 0 atom stereocenters. The minimum absolute atomic E-state index is 0.0788. The lowest BCUT2D eigenvalue weighted by molar-refractivity contribution is -0.135. The quantitative estimate of drug-likeness (QED) is 0.900. The number of halogens is 1. The van der Waals surface area contributed by atoms with Crippen LogP contribution in [0.1, 0.15) is 32.1 Å². The number of benzene rings is 1. The van der Waals surface area contributed by atoms with Gasteiger partial charge in [-0.15, -0.1) is 0 Å². The Morgan fingerprint density at radius 1 is 1.33 bits per heavy atom. The fraction of sp³-hybridized carbons (Fsp3) is 0.632. The molecule has 0 radical (unpaired) electrons. The predicted octanol–water partition coefficient (Wildman–Crippen LogP) is 2.96. The van der Waals surface area contributed by atoms with E-state index in [1.54, 1.807) is 25.1 Å². The van der Waals surface area contributed by atoms with Crippen LogP contribution in [0.15, 0.2) is 24.3 Å². The number of hydrogen-bond donors (Lipinski definition) is 1. The predicted molar refractivity (Wildman–Crippen MR) is 94.5 cm³/mol. The number of carbonyl (C=O) groups excluding carboxylic acids is 1. The van der Waals surface area contributed by atoms with Crippen molar-refractivity contribution in [3.63, 3.8) is 0 Å². The molecule has 1 saturated heterocycles. The molecule has 1 aliphatic heterocycles. The van der Waals surface area contributed by atoms with Crippen molar-refractivity contribution in [3.8, 4) is 0 Å². The van der Waals surface area contributed by atoms with Gasteiger partial charge in [0.15, 0.2) is 0 Å². The summed E-state index contributed by atoms with van der Waals surface area (Å²) < 4.78 is 13.5. The third kappa shape index (κ3) is 3.72. The highest BCUT2D eigenvalue weighted by molar-refractivity contribution is 5.89. The number of piperidine rings is 1. The van der Waals surface area contributed by atoms with Gasteiger partial charge in [-0.05, 0) is 49.8 Å². The van der Waals surface area contributed by atoms with Crippen molar-refractivity contribution in [2.75, 3.05) is 39.0 Å². The van der Waals surface area contributed by atoms with E-state index in [4.69, 9.17) is 0 Å². The van der Waals surface area contributed by atoms with Crippen molar-refractivity contribution in [3.05, 3.63) is 30.1 Å². The van der Waals surface area contributed by atoms with Gasteiger partial charge in [0.05, 0.1) is 0 Å². The van der Waals surface area contributed by atoms with E-state index in [2.05, 4.69) is 10.2 Å². The second-order valence-electron chi connectivity index (χ2n) is 7.51. The highest BCUT2D eigenvalue weighted by atomic mass is 19.1. The number of likely N-dealkylation sites (N-methyl/N-ethyl adjacent to an activating group) is 1. The molecule has 0 bridgehead atoms. The normalized spacial score (nSPS) is 21.1. The summed E-state index contributed by atoms with van der Waals surface area (Å²) in [5.74, 6) is 0.642. The van der Waals surface area contributed by atoms with Crippen LogP contribution in [0.5, 0.6) is 0 Å². The molecule has 132 valence electrons. The van der Waals surface area contributed by atoms with Crippen LogP contribution in [-0.2, 0) is 4.79 Å². The summed E-state index contributed by atoms with van der Waals surface area (Å²) >= 11 is 0. The Labute approximate surface area is 144 Å². The van der Waals surface area contributed by atoms with E-state index in [1.807, 2.05) is 6.07 Å². The smallest absolute Gasteiger partial charge is 0.247 e. The maximum atomic E-state index is 13.5. The molecule has 1 aliphatic carbocycles. The van der Waals surface area contributed by atoms with Gasteiger partial charge in [0.1, 0.15) is 11.4 Å². The Hall–Kier alpha value is -1.62. The van der Waals surface area contributed by atoms with Crippen LogP contribution < -0.4 is 5.32 Å². The Bertz CT molecular complexity index is 578. The first-order valence-electron chi connectivity index (χ1n) is 8.96. The molecule has 1 aromatic rings. The summed E-state index contributed by atoms with van der Waals surface area (Å²) in [5.41, 5.74) is 0.0468. The zero-order chi connectivity index (χ0) is 17.2. The summed E-state index contributed by atoms with van der Waals surface area (Å²) in [4.78, 5) is 17.0. The number of nitrogens with one attached hydrogen (secondary N) is 1. The van der Waals surface area contributed by atoms with E-state index in [1.165, 1.54) is 31.4 Å². The van der Waals surface area contributed by atoms with Crippen LogP contribution in [0, 0.1) is 11.7 Å². The average molecular weight is 333 g/mol. The fourth-order valence-electron chi connectivity index (χ4n) is 3.82. The first-order valence-corrected chi connectivity index (χ1v) is 8.96. The Kier molecular flexibility index (Phi) is 5.09. The van der Waals surface area contributed by atoms with E-state index >= 15 is 0 Å². The molecule has 0 unspecified atom stereocenters. The number of rotatable bonds is 5. The molecule has 1 N–H and O–H groups in total. The molecule has 1 saturated carbocycles. The molecule has 4 nitrogen and oxygen atoms in total. The third-order valence-corrected chi connectivity index (χ3v) is 5.47. The lowest BCUT2D eigenvalue weighted by Gasteiger charge is -2.44. The van der Waals surface area contributed by atoms with Crippen LogP contribution in [0.25, 0.3) is 0 Å². The average Bonchev–Trinajstić information content (AvgIpc) is 2.51. The van der Waals surface area contributed by atoms with Crippen molar-refractivity contribution < 1.29 is 9.18 Å². The Morgan fingerprint density at radius 3 is 2.58 bits per heavy atom. The molecule has 1 aromatic carbocycles. The lowest BCUT2D eigenvalue weighted by Crippen LogP contribution is -2.58. The van der Waals surface area contributed by atoms with Crippen molar-refractivity contribution in [1.29, 1.82) is 0 Å². The highest BCUT2D eigenvalue weighted by Gasteiger charge is 2.42. The van der Waals surface area contributed by atoms with Gasteiger partial charge in [0.25, 0.3) is 0 Å². The molecule has 1 heterocycles. The minimum Gasteiger partial charge on any atom is -0.371 e. The highest BCUT2D eigenvalue weighted by Crippen LogP contribution is 2.32. The number of amides is 1. The SMILES string of the molecule is CN(C)C(=O)C1(Nc2cccc(F)c2)CCN(CC2CCC2)CC1. The van der Waals surface area contributed by atoms with E-state index in [9.17, 15) is 9.18 Å². The van der Waals surface area contributed by atoms with Crippen molar-refractivity contribution in [2.24, 2.45) is 5.92 Å². The van der Waals surface area contributed by atoms with Gasteiger partial charge in [-0.25, -0.2) is 4.39 Å². The van der Waals surface area contributed by atoms with Gasteiger partial charge in [0.2, 0.25) is 5.91 Å². The van der Waals surface area contributed by atoms with Crippen LogP contribution in [0.2, 0.25) is 0 Å². The monoisotopic (exact) mass is 333 g/mol. The molecule has 3 rings (SSSR count). The van der Waals surface area contributed by atoms with Gasteiger partial charge in [-0.2, -0.15) is 0 Å². The largest absolute Gasteiger partial charge is 0.371 e. The maximum Gasteiger partial charge on any atom is 0.247 e. The number of nitrogens with zero attached hydrogens (tertiary/aromatic N) is 2. The fourth-order valence-corrected chi connectivity index (χ4v) is 3.82. The minimum atomic E-state index is -0.632. The van der Waals surface area contributed by atoms with Crippen molar-refractivity contribution in [2.45, 2.75) is 37.6 Å². The summed E-state index contributed by atoms with van der Waals surface area (Å²) in [6.07, 6.45) is 5.57. The molecular weight excluding hydrogens is 305 g/mol. The molecule has 5 heteroatoms. The number of hydrogen-bond acceptors (Lipinski definition) is 3. The van der Waals surface area contributed by atoms with E-state index < -0.39 is 5.54 Å². The molecule has 0 spiro atoms. The molecule has 1 amide bonds. The van der Waals surface area contributed by atoms with Crippen LogP contribution in [-0.4, -0.2) is 55.0 Å². The summed E-state index contributed by atoms with van der Waals surface area (Å²) in [6.45, 7) is 2.99. The molecule has 2 aliphatic rings. The number of carbonyl (C=O) groups is 1. The zero-order valence-electron chi connectivity index (χ0n) is 14.7. The van der Waals surface area contributed by atoms with Gasteiger partial charge in [-0.1, -0.05) is 12.5 Å². The number of anilines is 1. The third-order valence-electron chi connectivity index (χ3n) is 5.47.